The molecule has 2 N–H and O–H groups in total. The first-order chi connectivity index (χ1) is 9.00. The molecule has 1 saturated carbocycles. The molecule has 1 aromatic rings. The summed E-state index contributed by atoms with van der Waals surface area (Å²) in [5, 5.41) is 19.7. The van der Waals surface area contributed by atoms with Gasteiger partial charge in [0.05, 0.1) is 16.2 Å². The van der Waals surface area contributed by atoms with Crippen LogP contribution in [-0.4, -0.2) is 27.5 Å². The Balaban J connectivity index is 2.03. The number of carbonyl (C=O) groups is 1. The van der Waals surface area contributed by atoms with Gasteiger partial charge < -0.3 is 10.2 Å². The standard InChI is InChI=1S/C14H17ClO3S/c15-12-5-4-10(8-11(12)13(16)17)19-9-14(18)6-2-1-3-7-14/h4-5,8,18H,1-3,6-7,9H2,(H,16,17). The normalized spacial score (nSPS) is 18.2. The van der Waals surface area contributed by atoms with E-state index in [2.05, 4.69) is 0 Å². The Labute approximate surface area is 122 Å². The largest absolute Gasteiger partial charge is 0.478 e. The van der Waals surface area contributed by atoms with E-state index in [1.807, 2.05) is 0 Å². The molecule has 5 heteroatoms. The van der Waals surface area contributed by atoms with Gasteiger partial charge in [-0.2, -0.15) is 0 Å². The quantitative estimate of drug-likeness (QED) is 0.830. The minimum atomic E-state index is -1.02. The number of carboxylic acid groups (broad SMARTS) is 1. The van der Waals surface area contributed by atoms with Gasteiger partial charge in [-0.3, -0.25) is 0 Å². The van der Waals surface area contributed by atoms with Crippen molar-refractivity contribution < 1.29 is 15.0 Å². The number of thioether (sulfide) groups is 1. The molecule has 104 valence electrons. The topological polar surface area (TPSA) is 57.5 Å². The summed E-state index contributed by atoms with van der Waals surface area (Å²) in [6.07, 6.45) is 4.99. The summed E-state index contributed by atoms with van der Waals surface area (Å²) < 4.78 is 0. The fourth-order valence-electron chi connectivity index (χ4n) is 2.33. The summed E-state index contributed by atoms with van der Waals surface area (Å²) in [5.41, 5.74) is -0.492. The zero-order valence-electron chi connectivity index (χ0n) is 10.6. The van der Waals surface area contributed by atoms with Crippen molar-refractivity contribution >= 4 is 29.3 Å². The highest BCUT2D eigenvalue weighted by molar-refractivity contribution is 7.99. The number of halogens is 1. The maximum atomic E-state index is 11.0. The van der Waals surface area contributed by atoms with E-state index in [1.54, 1.807) is 18.2 Å². The number of rotatable bonds is 4. The van der Waals surface area contributed by atoms with Crippen molar-refractivity contribution in [2.24, 2.45) is 0 Å². The Morgan fingerprint density at radius 2 is 2.00 bits per heavy atom. The fraction of sp³-hybridized carbons (Fsp3) is 0.500. The molecule has 3 nitrogen and oxygen atoms in total. The van der Waals surface area contributed by atoms with Crippen LogP contribution in [0.5, 0.6) is 0 Å². The predicted octanol–water partition coefficient (Wildman–Crippen LogP) is 3.83. The van der Waals surface area contributed by atoms with Crippen LogP contribution in [0.4, 0.5) is 0 Å². The van der Waals surface area contributed by atoms with E-state index in [9.17, 15) is 9.90 Å². The summed E-state index contributed by atoms with van der Waals surface area (Å²) in [6, 6.07) is 4.96. The third-order valence-corrected chi connectivity index (χ3v) is 5.06. The fourth-order valence-corrected chi connectivity index (χ4v) is 3.62. The predicted molar refractivity (Wildman–Crippen MR) is 77.2 cm³/mol. The number of aliphatic hydroxyl groups is 1. The maximum absolute atomic E-state index is 11.0. The average Bonchev–Trinajstić information content (AvgIpc) is 2.38. The van der Waals surface area contributed by atoms with E-state index in [1.165, 1.54) is 18.2 Å². The van der Waals surface area contributed by atoms with Gasteiger partial charge in [-0.05, 0) is 31.0 Å². The zero-order chi connectivity index (χ0) is 13.9. The van der Waals surface area contributed by atoms with Gasteiger partial charge in [-0.15, -0.1) is 11.8 Å². The highest BCUT2D eigenvalue weighted by Gasteiger charge is 2.29. The van der Waals surface area contributed by atoms with Gasteiger partial charge in [0.1, 0.15) is 0 Å². The molecule has 0 spiro atoms. The maximum Gasteiger partial charge on any atom is 0.337 e. The Morgan fingerprint density at radius 1 is 1.32 bits per heavy atom. The minimum absolute atomic E-state index is 0.113. The van der Waals surface area contributed by atoms with Crippen molar-refractivity contribution in [1.82, 2.24) is 0 Å². The van der Waals surface area contributed by atoms with Crippen LogP contribution in [0.15, 0.2) is 23.1 Å². The van der Waals surface area contributed by atoms with Crippen LogP contribution in [-0.2, 0) is 0 Å². The lowest BCUT2D eigenvalue weighted by atomic mass is 9.86. The van der Waals surface area contributed by atoms with Gasteiger partial charge in [0.25, 0.3) is 0 Å². The first kappa shape index (κ1) is 14.7. The smallest absolute Gasteiger partial charge is 0.337 e. The number of hydrogen-bond donors (Lipinski definition) is 2. The molecule has 1 aliphatic carbocycles. The average molecular weight is 301 g/mol. The van der Waals surface area contributed by atoms with E-state index >= 15 is 0 Å². The third kappa shape index (κ3) is 3.88. The lowest BCUT2D eigenvalue weighted by Gasteiger charge is -2.31. The lowest BCUT2D eigenvalue weighted by Crippen LogP contribution is -2.33. The van der Waals surface area contributed by atoms with Crippen LogP contribution in [0.1, 0.15) is 42.5 Å². The van der Waals surface area contributed by atoms with Gasteiger partial charge in [0, 0.05) is 10.6 Å². The molecule has 0 amide bonds. The minimum Gasteiger partial charge on any atom is -0.478 e. The number of hydrogen-bond acceptors (Lipinski definition) is 3. The Hall–Kier alpha value is -0.710. The van der Waals surface area contributed by atoms with Gasteiger partial charge in [0.2, 0.25) is 0 Å². The second kappa shape index (κ2) is 6.16. The monoisotopic (exact) mass is 300 g/mol. The van der Waals surface area contributed by atoms with Crippen LogP contribution in [0.3, 0.4) is 0 Å². The molecule has 2 rings (SSSR count). The van der Waals surface area contributed by atoms with E-state index < -0.39 is 11.6 Å². The van der Waals surface area contributed by atoms with Gasteiger partial charge in [0.15, 0.2) is 0 Å². The SMILES string of the molecule is O=C(O)c1cc(SCC2(O)CCCCC2)ccc1Cl. The third-order valence-electron chi connectivity index (χ3n) is 3.46. The van der Waals surface area contributed by atoms with Crippen LogP contribution < -0.4 is 0 Å². The highest BCUT2D eigenvalue weighted by atomic mass is 35.5. The van der Waals surface area contributed by atoms with Crippen LogP contribution in [0.25, 0.3) is 0 Å². The van der Waals surface area contributed by atoms with Crippen LogP contribution >= 0.6 is 23.4 Å². The van der Waals surface area contributed by atoms with Crippen molar-refractivity contribution in [2.75, 3.05) is 5.75 Å². The number of aromatic carboxylic acids is 1. The molecule has 0 saturated heterocycles. The molecule has 0 heterocycles. The van der Waals surface area contributed by atoms with Gasteiger partial charge in [-0.1, -0.05) is 30.9 Å². The number of benzene rings is 1. The van der Waals surface area contributed by atoms with Crippen molar-refractivity contribution in [3.05, 3.63) is 28.8 Å². The van der Waals surface area contributed by atoms with Crippen molar-refractivity contribution in [3.8, 4) is 0 Å². The summed E-state index contributed by atoms with van der Waals surface area (Å²) in [7, 11) is 0. The molecular weight excluding hydrogens is 284 g/mol. The molecule has 0 unspecified atom stereocenters. The Morgan fingerprint density at radius 3 is 2.63 bits per heavy atom. The van der Waals surface area contributed by atoms with Crippen molar-refractivity contribution in [1.29, 1.82) is 0 Å². The first-order valence-corrected chi connectivity index (χ1v) is 7.75. The van der Waals surface area contributed by atoms with E-state index in [-0.39, 0.29) is 10.6 Å². The summed E-state index contributed by atoms with van der Waals surface area (Å²) in [6.45, 7) is 0. The molecule has 0 atom stereocenters. The molecule has 0 aliphatic heterocycles. The first-order valence-electron chi connectivity index (χ1n) is 6.38. The molecule has 0 bridgehead atoms. The lowest BCUT2D eigenvalue weighted by molar-refractivity contribution is 0.0273. The molecule has 0 radical (unpaired) electrons. The molecule has 1 aliphatic rings. The van der Waals surface area contributed by atoms with Gasteiger partial charge >= 0.3 is 5.97 Å². The van der Waals surface area contributed by atoms with E-state index in [0.717, 1.165) is 30.6 Å². The van der Waals surface area contributed by atoms with Crippen LogP contribution in [0.2, 0.25) is 5.02 Å². The van der Waals surface area contributed by atoms with Crippen molar-refractivity contribution in [3.63, 3.8) is 0 Å². The summed E-state index contributed by atoms with van der Waals surface area (Å²) in [5.74, 6) is -0.419. The van der Waals surface area contributed by atoms with Gasteiger partial charge in [-0.25, -0.2) is 4.79 Å². The molecule has 1 aromatic carbocycles. The molecule has 1 fully saturated rings. The van der Waals surface area contributed by atoms with E-state index in [0.29, 0.717) is 5.75 Å². The van der Waals surface area contributed by atoms with Crippen LogP contribution in [0, 0.1) is 0 Å². The zero-order valence-corrected chi connectivity index (χ0v) is 12.1. The highest BCUT2D eigenvalue weighted by Crippen LogP contribution is 2.34. The van der Waals surface area contributed by atoms with E-state index in [4.69, 9.17) is 16.7 Å². The summed E-state index contributed by atoms with van der Waals surface area (Å²) >= 11 is 7.32. The second-order valence-corrected chi connectivity index (χ2v) is 6.48. The molecule has 19 heavy (non-hydrogen) atoms. The molecule has 0 aromatic heterocycles. The Kier molecular flexibility index (Phi) is 4.76. The molecular formula is C14H17ClO3S. The Bertz CT molecular complexity index is 470. The van der Waals surface area contributed by atoms with Crippen molar-refractivity contribution in [2.45, 2.75) is 42.6 Å². The summed E-state index contributed by atoms with van der Waals surface area (Å²) in [4.78, 5) is 11.8. The second-order valence-electron chi connectivity index (χ2n) is 5.02. The number of carboxylic acids is 1.